The summed E-state index contributed by atoms with van der Waals surface area (Å²) < 4.78 is 35.0. The van der Waals surface area contributed by atoms with Crippen molar-refractivity contribution in [2.24, 2.45) is 0 Å². The van der Waals surface area contributed by atoms with Gasteiger partial charge >= 0.3 is 12.1 Å². The van der Waals surface area contributed by atoms with Crippen molar-refractivity contribution in [3.8, 4) is 0 Å². The molecule has 5 rings (SSSR count). The van der Waals surface area contributed by atoms with Gasteiger partial charge in [0.15, 0.2) is 0 Å². The fourth-order valence-corrected chi connectivity index (χ4v) is 5.39. The van der Waals surface area contributed by atoms with Gasteiger partial charge in [-0.3, -0.25) is 19.8 Å². The van der Waals surface area contributed by atoms with E-state index in [1.54, 1.807) is 35.0 Å². The van der Waals surface area contributed by atoms with Crippen molar-refractivity contribution < 1.29 is 32.7 Å². The maximum absolute atomic E-state index is 14.8. The van der Waals surface area contributed by atoms with Gasteiger partial charge in [0, 0.05) is 48.5 Å². The van der Waals surface area contributed by atoms with Crippen LogP contribution in [0, 0.1) is 18.6 Å². The Hall–Kier alpha value is -3.93. The summed E-state index contributed by atoms with van der Waals surface area (Å²) in [7, 11) is 1.67. The first-order chi connectivity index (χ1) is 19.0. The Labute approximate surface area is 234 Å². The van der Waals surface area contributed by atoms with Crippen molar-refractivity contribution >= 4 is 46.9 Å². The fraction of sp³-hybridized carbons (Fsp3) is 0.407. The van der Waals surface area contributed by atoms with Gasteiger partial charge in [-0.15, -0.1) is 0 Å². The van der Waals surface area contributed by atoms with Gasteiger partial charge in [0.05, 0.1) is 25.0 Å². The summed E-state index contributed by atoms with van der Waals surface area (Å²) in [5.74, 6) is -3.96. The van der Waals surface area contributed by atoms with Gasteiger partial charge < -0.3 is 19.9 Å². The number of nitrogens with one attached hydrogen (secondary N) is 2. The molecular weight excluding hydrogens is 548 g/mol. The summed E-state index contributed by atoms with van der Waals surface area (Å²) in [6.07, 6.45) is -1.01. The summed E-state index contributed by atoms with van der Waals surface area (Å²) in [5, 5.41) is 5.42. The molecule has 0 saturated carbocycles. The number of piperidine rings is 1. The summed E-state index contributed by atoms with van der Waals surface area (Å²) in [4.78, 5) is 53.3. The zero-order chi connectivity index (χ0) is 28.7. The summed E-state index contributed by atoms with van der Waals surface area (Å²) >= 11 is 5.99. The van der Waals surface area contributed by atoms with Crippen molar-refractivity contribution in [2.45, 2.75) is 37.8 Å². The number of hydrogen-bond acceptors (Lipinski definition) is 6. The van der Waals surface area contributed by atoms with Crippen LogP contribution < -0.4 is 20.4 Å². The van der Waals surface area contributed by atoms with E-state index in [0.717, 1.165) is 23.4 Å². The monoisotopic (exact) mass is 575 g/mol. The molecule has 0 spiro atoms. The number of rotatable bonds is 5. The molecule has 3 aliphatic rings. The number of carbonyl (C=O) groups is 4. The number of halogens is 3. The van der Waals surface area contributed by atoms with Gasteiger partial charge in [0.25, 0.3) is 0 Å². The number of alkyl carbamates (subject to hydrolysis) is 1. The molecule has 10 nitrogen and oxygen atoms in total. The van der Waals surface area contributed by atoms with Gasteiger partial charge in [-0.2, -0.15) is 0 Å². The molecule has 0 aliphatic carbocycles. The summed E-state index contributed by atoms with van der Waals surface area (Å²) in [5.41, 5.74) is 1.53. The quantitative estimate of drug-likeness (QED) is 0.529. The minimum absolute atomic E-state index is 0.0158. The van der Waals surface area contributed by atoms with E-state index < -0.39 is 41.6 Å². The zero-order valence-corrected chi connectivity index (χ0v) is 22.6. The fourth-order valence-electron chi connectivity index (χ4n) is 5.17. The highest BCUT2D eigenvalue weighted by Crippen LogP contribution is 2.33. The van der Waals surface area contributed by atoms with Crippen molar-refractivity contribution in [2.75, 3.05) is 43.0 Å². The predicted octanol–water partition coefficient (Wildman–Crippen LogP) is 3.30. The first-order valence-electron chi connectivity index (χ1n) is 12.8. The van der Waals surface area contributed by atoms with Crippen LogP contribution in [0.15, 0.2) is 30.3 Å². The topological polar surface area (TPSA) is 111 Å². The average molecular weight is 576 g/mol. The van der Waals surface area contributed by atoms with Crippen LogP contribution in [0.3, 0.4) is 0 Å². The lowest BCUT2D eigenvalue weighted by molar-refractivity contribution is -0.134. The number of likely N-dealkylation sites (tertiary alicyclic amines) is 1. The Balaban J connectivity index is 1.07. The van der Waals surface area contributed by atoms with Gasteiger partial charge in [-0.1, -0.05) is 11.6 Å². The van der Waals surface area contributed by atoms with Gasteiger partial charge in [0.2, 0.25) is 11.8 Å². The molecule has 1 unspecified atom stereocenters. The number of benzene rings is 2. The molecule has 5 amide bonds. The minimum Gasteiger partial charge on any atom is -0.442 e. The highest BCUT2D eigenvalue weighted by molar-refractivity contribution is 6.30. The SMILES string of the molecule is Cc1cc(Cl)ccc1N(C)C(=O)N1CC(OC(=O)NC2CN(c3cc(F)c(C4CCC(=O)NC4=O)c(F)c3)C2)C1. The second-order valence-corrected chi connectivity index (χ2v) is 10.7. The molecule has 212 valence electrons. The number of imide groups is 1. The maximum atomic E-state index is 14.8. The van der Waals surface area contributed by atoms with Crippen molar-refractivity contribution in [1.82, 2.24) is 15.5 Å². The normalized spacial score (nSPS) is 19.5. The standard InChI is InChI=1S/C27H28ClF2N5O5/c1-14-7-15(28)3-5-22(14)33(2)27(39)35-12-18(13-35)40-26(38)31-16-10-34(11-16)17-8-20(29)24(21(30)9-17)19-4-6-23(36)32-25(19)37/h3,5,7-9,16,18-19H,4,6,10-13H2,1-2H3,(H,31,38)(H,32,36,37). The maximum Gasteiger partial charge on any atom is 0.407 e. The first-order valence-corrected chi connectivity index (χ1v) is 13.2. The van der Waals surface area contributed by atoms with Crippen LogP contribution in [-0.4, -0.2) is 74.2 Å². The van der Waals surface area contributed by atoms with E-state index in [1.165, 1.54) is 4.90 Å². The molecule has 1 atom stereocenters. The lowest BCUT2D eigenvalue weighted by Crippen LogP contribution is -2.62. The molecule has 2 aromatic carbocycles. The van der Waals surface area contributed by atoms with Crippen LogP contribution >= 0.6 is 11.6 Å². The second-order valence-electron chi connectivity index (χ2n) is 10.3. The van der Waals surface area contributed by atoms with E-state index in [1.807, 2.05) is 6.92 Å². The van der Waals surface area contributed by atoms with E-state index >= 15 is 0 Å². The molecule has 3 heterocycles. The summed E-state index contributed by atoms with van der Waals surface area (Å²) in [6, 6.07) is 7.06. The van der Waals surface area contributed by atoms with E-state index in [2.05, 4.69) is 10.6 Å². The molecule has 2 N–H and O–H groups in total. The van der Waals surface area contributed by atoms with Gasteiger partial charge in [0.1, 0.15) is 17.7 Å². The number of nitrogens with zero attached hydrogens (tertiary/aromatic N) is 3. The third-order valence-corrected chi connectivity index (χ3v) is 7.65. The molecule has 3 fully saturated rings. The number of hydrogen-bond donors (Lipinski definition) is 2. The smallest absolute Gasteiger partial charge is 0.407 e. The first kappa shape index (κ1) is 27.6. The van der Waals surface area contributed by atoms with E-state index in [0.29, 0.717) is 18.1 Å². The number of amides is 5. The lowest BCUT2D eigenvalue weighted by Gasteiger charge is -2.43. The Morgan fingerprint density at radius 1 is 1.10 bits per heavy atom. The van der Waals surface area contributed by atoms with Crippen molar-refractivity contribution in [1.29, 1.82) is 0 Å². The largest absolute Gasteiger partial charge is 0.442 e. The molecule has 0 aromatic heterocycles. The van der Waals surface area contributed by atoms with Crippen molar-refractivity contribution in [3.05, 3.63) is 58.1 Å². The number of ether oxygens (including phenoxy) is 1. The predicted molar refractivity (Wildman–Crippen MR) is 142 cm³/mol. The summed E-state index contributed by atoms with van der Waals surface area (Å²) in [6.45, 7) is 3.01. The Kier molecular flexibility index (Phi) is 7.54. The molecule has 3 saturated heterocycles. The number of aryl methyl sites for hydroxylation is 1. The van der Waals surface area contributed by atoms with Crippen LogP contribution in [0.25, 0.3) is 0 Å². The molecular formula is C27H28ClF2N5O5. The molecule has 3 aliphatic heterocycles. The molecule has 0 bridgehead atoms. The molecule has 13 heteroatoms. The van der Waals surface area contributed by atoms with E-state index in [-0.39, 0.29) is 49.3 Å². The Bertz CT molecular complexity index is 1360. The third-order valence-electron chi connectivity index (χ3n) is 7.42. The van der Waals surface area contributed by atoms with Gasteiger partial charge in [-0.05, 0) is 49.2 Å². The average Bonchev–Trinajstić information content (AvgIpc) is 2.83. The highest BCUT2D eigenvalue weighted by Gasteiger charge is 2.38. The molecule has 40 heavy (non-hydrogen) atoms. The van der Waals surface area contributed by atoms with Crippen LogP contribution in [0.1, 0.15) is 29.9 Å². The Morgan fingerprint density at radius 2 is 1.77 bits per heavy atom. The van der Waals surface area contributed by atoms with Crippen LogP contribution in [-0.2, 0) is 14.3 Å². The Morgan fingerprint density at radius 3 is 2.40 bits per heavy atom. The molecule has 0 radical (unpaired) electrons. The number of urea groups is 1. The van der Waals surface area contributed by atoms with Crippen LogP contribution in [0.4, 0.5) is 29.7 Å². The highest BCUT2D eigenvalue weighted by atomic mass is 35.5. The van der Waals surface area contributed by atoms with Crippen LogP contribution in [0.5, 0.6) is 0 Å². The zero-order valence-electron chi connectivity index (χ0n) is 21.9. The number of carbonyl (C=O) groups excluding carboxylic acids is 4. The van der Waals surface area contributed by atoms with E-state index in [4.69, 9.17) is 16.3 Å². The lowest BCUT2D eigenvalue weighted by atomic mass is 9.89. The van der Waals surface area contributed by atoms with Crippen molar-refractivity contribution in [3.63, 3.8) is 0 Å². The third kappa shape index (κ3) is 5.53. The van der Waals surface area contributed by atoms with Gasteiger partial charge in [-0.25, -0.2) is 18.4 Å². The van der Waals surface area contributed by atoms with Crippen LogP contribution in [0.2, 0.25) is 5.02 Å². The second kappa shape index (κ2) is 10.9. The molecule has 2 aromatic rings. The number of anilines is 2. The van der Waals surface area contributed by atoms with E-state index in [9.17, 15) is 28.0 Å². The minimum atomic E-state index is -1.06.